The number of carbonyl (C=O) groups excluding carboxylic acids is 1. The van der Waals surface area contributed by atoms with Crippen molar-refractivity contribution in [3.05, 3.63) is 48.0 Å². The van der Waals surface area contributed by atoms with Crippen LogP contribution in [0.4, 0.5) is 5.69 Å². The Hall–Kier alpha value is -3.42. The summed E-state index contributed by atoms with van der Waals surface area (Å²) in [5.41, 5.74) is 2.00. The van der Waals surface area contributed by atoms with Gasteiger partial charge in [0.25, 0.3) is 5.91 Å². The molecule has 8 heteroatoms. The average molecular weight is 441 g/mol. The molecule has 1 aliphatic carbocycles. The van der Waals surface area contributed by atoms with Gasteiger partial charge in [-0.25, -0.2) is 0 Å². The van der Waals surface area contributed by atoms with E-state index in [4.69, 9.17) is 14.2 Å². The van der Waals surface area contributed by atoms with Crippen LogP contribution in [0.25, 0.3) is 0 Å². The van der Waals surface area contributed by atoms with E-state index in [0.29, 0.717) is 35.8 Å². The predicted octanol–water partition coefficient (Wildman–Crippen LogP) is 2.98. The Balaban J connectivity index is 1.50. The third-order valence-corrected chi connectivity index (χ3v) is 4.90. The van der Waals surface area contributed by atoms with Crippen LogP contribution in [-0.2, 0) is 11.2 Å². The standard InChI is InChI=1S/C24H32N4O4/c1-4-25-24(28-19-9-12-21(30-2)22(15-19)31-3)26-14-13-17-5-10-20(11-6-17)32-16-23(29)27-18-7-8-18/h5-6,9-12,15,18H,4,7-8,13-14,16H2,1-3H3,(H,27,29)(H2,25,26,28). The van der Waals surface area contributed by atoms with Gasteiger partial charge in [0.15, 0.2) is 24.1 Å². The number of methoxy groups -OCH3 is 2. The highest BCUT2D eigenvalue weighted by molar-refractivity contribution is 5.93. The van der Waals surface area contributed by atoms with Crippen molar-refractivity contribution in [1.82, 2.24) is 10.6 Å². The summed E-state index contributed by atoms with van der Waals surface area (Å²) in [6.45, 7) is 3.44. The first-order valence-electron chi connectivity index (χ1n) is 10.9. The highest BCUT2D eigenvalue weighted by Gasteiger charge is 2.23. The van der Waals surface area contributed by atoms with E-state index in [-0.39, 0.29) is 12.5 Å². The molecule has 1 amide bonds. The van der Waals surface area contributed by atoms with E-state index in [1.165, 1.54) is 0 Å². The molecule has 3 N–H and O–H groups in total. The molecule has 0 bridgehead atoms. The molecule has 3 rings (SSSR count). The molecule has 0 atom stereocenters. The summed E-state index contributed by atoms with van der Waals surface area (Å²) < 4.78 is 16.2. The summed E-state index contributed by atoms with van der Waals surface area (Å²) >= 11 is 0. The molecule has 0 saturated heterocycles. The highest BCUT2D eigenvalue weighted by atomic mass is 16.5. The molecule has 0 radical (unpaired) electrons. The number of carbonyl (C=O) groups is 1. The van der Waals surface area contributed by atoms with Gasteiger partial charge < -0.3 is 30.2 Å². The molecule has 32 heavy (non-hydrogen) atoms. The fourth-order valence-corrected chi connectivity index (χ4v) is 3.05. The maximum Gasteiger partial charge on any atom is 0.258 e. The third-order valence-electron chi connectivity index (χ3n) is 4.90. The van der Waals surface area contributed by atoms with Gasteiger partial charge in [0.05, 0.1) is 14.2 Å². The van der Waals surface area contributed by atoms with E-state index in [0.717, 1.165) is 37.1 Å². The number of ether oxygens (including phenoxy) is 3. The molecule has 0 unspecified atom stereocenters. The lowest BCUT2D eigenvalue weighted by Crippen LogP contribution is -2.30. The quantitative estimate of drug-likeness (QED) is 0.367. The number of nitrogens with one attached hydrogen (secondary N) is 3. The van der Waals surface area contributed by atoms with E-state index >= 15 is 0 Å². The zero-order chi connectivity index (χ0) is 22.8. The number of aliphatic imine (C=N–C) groups is 1. The van der Waals surface area contributed by atoms with Crippen molar-refractivity contribution in [2.75, 3.05) is 39.2 Å². The maximum atomic E-state index is 11.7. The van der Waals surface area contributed by atoms with Gasteiger partial charge in [-0.15, -0.1) is 0 Å². The molecule has 1 aliphatic rings. The normalized spacial score (nSPS) is 13.3. The molecule has 2 aromatic rings. The number of rotatable bonds is 11. The number of amides is 1. The Kier molecular flexibility index (Phi) is 8.60. The first-order valence-corrected chi connectivity index (χ1v) is 10.9. The molecule has 172 valence electrons. The number of anilines is 1. The Bertz CT molecular complexity index is 911. The average Bonchev–Trinajstić information content (AvgIpc) is 3.62. The third kappa shape index (κ3) is 7.37. The largest absolute Gasteiger partial charge is 0.493 e. The first kappa shape index (κ1) is 23.2. The van der Waals surface area contributed by atoms with Crippen LogP contribution in [0.3, 0.4) is 0 Å². The SMILES string of the molecule is CCNC(=NCCc1ccc(OCC(=O)NC2CC2)cc1)Nc1ccc(OC)c(OC)c1. The van der Waals surface area contributed by atoms with Gasteiger partial charge in [-0.3, -0.25) is 9.79 Å². The van der Waals surface area contributed by atoms with Crippen molar-refractivity contribution in [3.8, 4) is 17.2 Å². The van der Waals surface area contributed by atoms with Crippen LogP contribution >= 0.6 is 0 Å². The van der Waals surface area contributed by atoms with Crippen LogP contribution in [0.15, 0.2) is 47.5 Å². The lowest BCUT2D eigenvalue weighted by molar-refractivity contribution is -0.123. The molecule has 0 spiro atoms. The van der Waals surface area contributed by atoms with E-state index in [9.17, 15) is 4.79 Å². The molecular weight excluding hydrogens is 408 g/mol. The van der Waals surface area contributed by atoms with Crippen molar-refractivity contribution in [1.29, 1.82) is 0 Å². The number of nitrogens with zero attached hydrogens (tertiary/aromatic N) is 1. The molecule has 1 fully saturated rings. The second-order valence-electron chi connectivity index (χ2n) is 7.48. The van der Waals surface area contributed by atoms with Gasteiger partial charge in [-0.2, -0.15) is 0 Å². The van der Waals surface area contributed by atoms with E-state index in [2.05, 4.69) is 20.9 Å². The van der Waals surface area contributed by atoms with Gasteiger partial charge >= 0.3 is 0 Å². The zero-order valence-electron chi connectivity index (χ0n) is 18.9. The fraction of sp³-hybridized carbons (Fsp3) is 0.417. The van der Waals surface area contributed by atoms with Gasteiger partial charge in [-0.05, 0) is 56.0 Å². The fourth-order valence-electron chi connectivity index (χ4n) is 3.05. The zero-order valence-corrected chi connectivity index (χ0v) is 18.9. The summed E-state index contributed by atoms with van der Waals surface area (Å²) in [5.74, 6) is 2.65. The Morgan fingerprint density at radius 3 is 2.47 bits per heavy atom. The van der Waals surface area contributed by atoms with Crippen LogP contribution in [-0.4, -0.2) is 51.8 Å². The number of benzene rings is 2. The lowest BCUT2D eigenvalue weighted by atomic mass is 10.1. The number of hydrogen-bond acceptors (Lipinski definition) is 5. The van der Waals surface area contributed by atoms with Gasteiger partial charge in [-0.1, -0.05) is 12.1 Å². The topological polar surface area (TPSA) is 93.2 Å². The van der Waals surface area contributed by atoms with Crippen LogP contribution < -0.4 is 30.2 Å². The van der Waals surface area contributed by atoms with Crippen LogP contribution in [0.5, 0.6) is 17.2 Å². The Labute approximate surface area is 189 Å². The highest BCUT2D eigenvalue weighted by Crippen LogP contribution is 2.29. The van der Waals surface area contributed by atoms with Crippen molar-refractivity contribution >= 4 is 17.6 Å². The molecule has 0 aromatic heterocycles. The lowest BCUT2D eigenvalue weighted by Gasteiger charge is -2.14. The molecule has 1 saturated carbocycles. The van der Waals surface area contributed by atoms with Crippen LogP contribution in [0.2, 0.25) is 0 Å². The second kappa shape index (κ2) is 11.8. The van der Waals surface area contributed by atoms with E-state index in [1.807, 2.05) is 49.4 Å². The Morgan fingerprint density at radius 2 is 1.81 bits per heavy atom. The van der Waals surface area contributed by atoms with Gasteiger partial charge in [0.1, 0.15) is 5.75 Å². The van der Waals surface area contributed by atoms with Crippen LogP contribution in [0, 0.1) is 0 Å². The minimum Gasteiger partial charge on any atom is -0.493 e. The summed E-state index contributed by atoms with van der Waals surface area (Å²) in [7, 11) is 3.22. The smallest absolute Gasteiger partial charge is 0.258 e. The van der Waals surface area contributed by atoms with Crippen molar-refractivity contribution in [3.63, 3.8) is 0 Å². The molecule has 0 heterocycles. The van der Waals surface area contributed by atoms with E-state index < -0.39 is 0 Å². The minimum absolute atomic E-state index is 0.0496. The second-order valence-corrected chi connectivity index (χ2v) is 7.48. The number of hydrogen-bond donors (Lipinski definition) is 3. The van der Waals surface area contributed by atoms with E-state index in [1.54, 1.807) is 14.2 Å². The summed E-state index contributed by atoms with van der Waals surface area (Å²) in [5, 5.41) is 9.45. The summed E-state index contributed by atoms with van der Waals surface area (Å²) in [4.78, 5) is 16.4. The maximum absolute atomic E-state index is 11.7. The van der Waals surface area contributed by atoms with Gasteiger partial charge in [0.2, 0.25) is 0 Å². The molecule has 2 aromatic carbocycles. The van der Waals surface area contributed by atoms with Crippen molar-refractivity contribution in [2.24, 2.45) is 4.99 Å². The first-order chi connectivity index (χ1) is 15.6. The number of guanidine groups is 1. The molecular formula is C24H32N4O4. The van der Waals surface area contributed by atoms with Crippen LogP contribution in [0.1, 0.15) is 25.3 Å². The predicted molar refractivity (Wildman–Crippen MR) is 126 cm³/mol. The van der Waals surface area contributed by atoms with Crippen molar-refractivity contribution in [2.45, 2.75) is 32.2 Å². The summed E-state index contributed by atoms with van der Waals surface area (Å²) in [6, 6.07) is 13.8. The monoisotopic (exact) mass is 440 g/mol. The van der Waals surface area contributed by atoms with Gasteiger partial charge in [0, 0.05) is 30.9 Å². The molecule has 0 aliphatic heterocycles. The summed E-state index contributed by atoms with van der Waals surface area (Å²) in [6.07, 6.45) is 2.93. The van der Waals surface area contributed by atoms with Crippen molar-refractivity contribution < 1.29 is 19.0 Å². The minimum atomic E-state index is -0.0659. The Morgan fingerprint density at radius 1 is 1.06 bits per heavy atom. The molecule has 8 nitrogen and oxygen atoms in total.